The molecule has 1 saturated heterocycles. The van der Waals surface area contributed by atoms with E-state index in [9.17, 15) is 0 Å². The van der Waals surface area contributed by atoms with Gasteiger partial charge in [-0.15, -0.1) is 0 Å². The minimum atomic E-state index is 0.637. The Bertz CT molecular complexity index is 171. The van der Waals surface area contributed by atoms with Crippen molar-refractivity contribution >= 4 is 11.8 Å². The lowest BCUT2D eigenvalue weighted by atomic mass is 10.2. The normalized spacial score (nSPS) is 37.9. The van der Waals surface area contributed by atoms with Gasteiger partial charge in [-0.1, -0.05) is 13.3 Å². The highest BCUT2D eigenvalue weighted by molar-refractivity contribution is 7.99. The second kappa shape index (κ2) is 5.38. The Morgan fingerprint density at radius 1 is 1.36 bits per heavy atom. The number of hydrogen-bond acceptors (Lipinski definition) is 3. The summed E-state index contributed by atoms with van der Waals surface area (Å²) in [6, 6.07) is 1.39. The number of ether oxygens (including phenoxy) is 1. The fourth-order valence-electron chi connectivity index (χ4n) is 2.50. The molecule has 0 bridgehead atoms. The summed E-state index contributed by atoms with van der Waals surface area (Å²) in [5.41, 5.74) is 0. The molecular formula is C11H21NOS. The van der Waals surface area contributed by atoms with Crippen molar-refractivity contribution in [2.75, 3.05) is 19.0 Å². The van der Waals surface area contributed by atoms with Crippen molar-refractivity contribution in [2.24, 2.45) is 0 Å². The van der Waals surface area contributed by atoms with Crippen molar-refractivity contribution in [3.8, 4) is 0 Å². The molecule has 1 heterocycles. The van der Waals surface area contributed by atoms with E-state index < -0.39 is 0 Å². The third-order valence-corrected chi connectivity index (χ3v) is 4.54. The first kappa shape index (κ1) is 10.8. The van der Waals surface area contributed by atoms with Gasteiger partial charge in [0.05, 0.1) is 6.61 Å². The zero-order chi connectivity index (χ0) is 9.80. The molecule has 1 N–H and O–H groups in total. The lowest BCUT2D eigenvalue weighted by Gasteiger charge is -2.23. The molecule has 0 aromatic carbocycles. The van der Waals surface area contributed by atoms with Crippen LogP contribution in [-0.4, -0.2) is 36.3 Å². The predicted molar refractivity (Wildman–Crippen MR) is 61.9 cm³/mol. The number of hydrogen-bond donors (Lipinski definition) is 1. The van der Waals surface area contributed by atoms with Crippen LogP contribution in [0.3, 0.4) is 0 Å². The van der Waals surface area contributed by atoms with Crippen molar-refractivity contribution in [3.05, 3.63) is 0 Å². The van der Waals surface area contributed by atoms with Gasteiger partial charge in [0, 0.05) is 23.9 Å². The van der Waals surface area contributed by atoms with Gasteiger partial charge < -0.3 is 10.1 Å². The fraction of sp³-hybridized carbons (Fsp3) is 1.00. The van der Waals surface area contributed by atoms with Crippen LogP contribution in [0.5, 0.6) is 0 Å². The van der Waals surface area contributed by atoms with E-state index in [0.717, 1.165) is 24.5 Å². The first-order valence-corrected chi connectivity index (χ1v) is 6.90. The summed E-state index contributed by atoms with van der Waals surface area (Å²) < 4.78 is 5.39. The molecule has 3 heteroatoms. The summed E-state index contributed by atoms with van der Waals surface area (Å²) in [6.07, 6.45) is 5.39. The summed E-state index contributed by atoms with van der Waals surface area (Å²) in [5, 5.41) is 4.63. The van der Waals surface area contributed by atoms with Gasteiger partial charge in [-0.3, -0.25) is 0 Å². The van der Waals surface area contributed by atoms with Gasteiger partial charge in [-0.25, -0.2) is 0 Å². The summed E-state index contributed by atoms with van der Waals surface area (Å²) in [6.45, 7) is 4.15. The molecule has 1 saturated carbocycles. The monoisotopic (exact) mass is 215 g/mol. The number of rotatable bonds is 4. The second-order valence-corrected chi connectivity index (χ2v) is 5.77. The summed E-state index contributed by atoms with van der Waals surface area (Å²) in [5.74, 6) is 1.25. The first-order chi connectivity index (χ1) is 6.90. The first-order valence-electron chi connectivity index (χ1n) is 5.85. The van der Waals surface area contributed by atoms with Crippen LogP contribution in [0.25, 0.3) is 0 Å². The average molecular weight is 215 g/mol. The van der Waals surface area contributed by atoms with Gasteiger partial charge in [0.1, 0.15) is 0 Å². The third kappa shape index (κ3) is 2.65. The molecule has 2 nitrogen and oxygen atoms in total. The maximum absolute atomic E-state index is 5.39. The molecule has 3 atom stereocenters. The largest absolute Gasteiger partial charge is 0.380 e. The summed E-state index contributed by atoms with van der Waals surface area (Å²) in [7, 11) is 0. The minimum absolute atomic E-state index is 0.637. The molecule has 14 heavy (non-hydrogen) atoms. The van der Waals surface area contributed by atoms with E-state index in [1.54, 1.807) is 0 Å². The van der Waals surface area contributed by atoms with E-state index in [-0.39, 0.29) is 0 Å². The maximum Gasteiger partial charge on any atom is 0.0620 e. The Morgan fingerprint density at radius 2 is 2.29 bits per heavy atom. The van der Waals surface area contributed by atoms with Crippen LogP contribution < -0.4 is 5.32 Å². The molecule has 1 aliphatic carbocycles. The van der Waals surface area contributed by atoms with Gasteiger partial charge in [-0.2, -0.15) is 11.8 Å². The van der Waals surface area contributed by atoms with Crippen molar-refractivity contribution in [1.29, 1.82) is 0 Å². The van der Waals surface area contributed by atoms with E-state index in [4.69, 9.17) is 4.74 Å². The van der Waals surface area contributed by atoms with Gasteiger partial charge >= 0.3 is 0 Å². The lowest BCUT2D eigenvalue weighted by Crippen LogP contribution is -2.41. The molecule has 82 valence electrons. The average Bonchev–Trinajstić information content (AvgIpc) is 2.80. The van der Waals surface area contributed by atoms with Crippen molar-refractivity contribution in [2.45, 2.75) is 49.9 Å². The molecule has 0 amide bonds. The highest BCUT2D eigenvalue weighted by atomic mass is 32.2. The SMILES string of the molecule is CCSC1CCCC1NC1CCOC1. The Hall–Kier alpha value is 0.270. The van der Waals surface area contributed by atoms with E-state index >= 15 is 0 Å². The molecule has 2 fully saturated rings. The van der Waals surface area contributed by atoms with Gasteiger partial charge in [0.25, 0.3) is 0 Å². The molecule has 0 aromatic heterocycles. The van der Waals surface area contributed by atoms with Crippen molar-refractivity contribution < 1.29 is 4.74 Å². The molecular weight excluding hydrogens is 194 g/mol. The zero-order valence-electron chi connectivity index (χ0n) is 9.00. The highest BCUT2D eigenvalue weighted by Gasteiger charge is 2.29. The Balaban J connectivity index is 1.77. The van der Waals surface area contributed by atoms with Crippen LogP contribution in [0.2, 0.25) is 0 Å². The summed E-state index contributed by atoms with van der Waals surface area (Å²) >= 11 is 2.13. The summed E-state index contributed by atoms with van der Waals surface area (Å²) in [4.78, 5) is 0. The quantitative estimate of drug-likeness (QED) is 0.775. The van der Waals surface area contributed by atoms with E-state index in [2.05, 4.69) is 24.0 Å². The van der Waals surface area contributed by atoms with Gasteiger partial charge in [-0.05, 0) is 25.0 Å². The van der Waals surface area contributed by atoms with E-state index in [0.29, 0.717) is 6.04 Å². The van der Waals surface area contributed by atoms with Crippen LogP contribution >= 0.6 is 11.8 Å². The van der Waals surface area contributed by atoms with Crippen LogP contribution in [0, 0.1) is 0 Å². The smallest absolute Gasteiger partial charge is 0.0620 e. The number of nitrogens with one attached hydrogen (secondary N) is 1. The van der Waals surface area contributed by atoms with Crippen molar-refractivity contribution in [3.63, 3.8) is 0 Å². The highest BCUT2D eigenvalue weighted by Crippen LogP contribution is 2.30. The maximum atomic E-state index is 5.39. The molecule has 2 aliphatic rings. The minimum Gasteiger partial charge on any atom is -0.380 e. The lowest BCUT2D eigenvalue weighted by molar-refractivity contribution is 0.188. The molecule has 0 radical (unpaired) electrons. The Morgan fingerprint density at radius 3 is 3.00 bits per heavy atom. The van der Waals surface area contributed by atoms with Crippen LogP contribution in [-0.2, 0) is 4.74 Å². The second-order valence-electron chi connectivity index (χ2n) is 4.26. The van der Waals surface area contributed by atoms with E-state index in [1.807, 2.05) is 0 Å². The molecule has 3 unspecified atom stereocenters. The van der Waals surface area contributed by atoms with Crippen molar-refractivity contribution in [1.82, 2.24) is 5.32 Å². The molecule has 0 spiro atoms. The van der Waals surface area contributed by atoms with Crippen LogP contribution in [0.15, 0.2) is 0 Å². The molecule has 2 rings (SSSR count). The fourth-order valence-corrected chi connectivity index (χ4v) is 3.71. The predicted octanol–water partition coefficient (Wildman–Crippen LogP) is 2.04. The third-order valence-electron chi connectivity index (χ3n) is 3.21. The Kier molecular flexibility index (Phi) is 4.14. The van der Waals surface area contributed by atoms with Crippen LogP contribution in [0.4, 0.5) is 0 Å². The molecule has 0 aromatic rings. The van der Waals surface area contributed by atoms with Gasteiger partial charge in [0.2, 0.25) is 0 Å². The molecule has 1 aliphatic heterocycles. The standard InChI is InChI=1S/C11H21NOS/c1-2-14-11-5-3-4-10(11)12-9-6-7-13-8-9/h9-12H,2-8H2,1H3. The number of thioether (sulfide) groups is 1. The van der Waals surface area contributed by atoms with E-state index in [1.165, 1.54) is 31.4 Å². The van der Waals surface area contributed by atoms with Gasteiger partial charge in [0.15, 0.2) is 0 Å². The van der Waals surface area contributed by atoms with Crippen LogP contribution in [0.1, 0.15) is 32.6 Å². The Labute approximate surface area is 91.2 Å². The zero-order valence-corrected chi connectivity index (χ0v) is 9.81. The topological polar surface area (TPSA) is 21.3 Å².